The number of benzene rings is 1. The Balaban J connectivity index is 2.66. The first-order valence-corrected chi connectivity index (χ1v) is 4.41. The second-order valence-electron chi connectivity index (χ2n) is 2.28. The molecule has 3 heteroatoms. The van der Waals surface area contributed by atoms with Crippen molar-refractivity contribution in [3.63, 3.8) is 0 Å². The van der Waals surface area contributed by atoms with Crippen LogP contribution >= 0.6 is 8.81 Å². The molecule has 0 amide bonds. The zero-order valence-corrected chi connectivity index (χ0v) is 7.12. The van der Waals surface area contributed by atoms with E-state index in [9.17, 15) is 0 Å². The Morgan fingerprint density at radius 3 is 2.27 bits per heavy atom. The summed E-state index contributed by atoms with van der Waals surface area (Å²) in [6, 6.07) is 7.61. The largest absolute Gasteiger partial charge is 0.396 e. The smallest absolute Gasteiger partial charge is 0.0471 e. The average molecular weight is 170 g/mol. The third kappa shape index (κ3) is 2.58. The first-order chi connectivity index (χ1) is 5.36. The van der Waals surface area contributed by atoms with Gasteiger partial charge in [-0.2, -0.15) is 0 Å². The lowest BCUT2D eigenvalue weighted by Gasteiger charge is -1.98. The predicted octanol–water partition coefficient (Wildman–Crippen LogP) is 0.432. The first-order valence-electron chi connectivity index (χ1n) is 3.46. The minimum absolute atomic E-state index is 0.134. The normalized spacial score (nSPS) is 11.1. The molecule has 0 bridgehead atoms. The highest BCUT2D eigenvalue weighted by molar-refractivity contribution is 7.40. The van der Waals surface area contributed by atoms with Crippen LogP contribution < -0.4 is 5.30 Å². The molecule has 0 heterocycles. The fourth-order valence-electron chi connectivity index (χ4n) is 0.875. The number of hydrogen-bond acceptors (Lipinski definition) is 2. The molecule has 60 valence electrons. The average Bonchev–Trinajstić information content (AvgIpc) is 2.07. The highest BCUT2D eigenvalue weighted by atomic mass is 31.1. The van der Waals surface area contributed by atoms with E-state index in [4.69, 9.17) is 10.00 Å². The molecule has 1 rings (SSSR count). The highest BCUT2D eigenvalue weighted by Gasteiger charge is 1.91. The van der Waals surface area contributed by atoms with Crippen LogP contribution in [0.15, 0.2) is 24.3 Å². The SMILES string of the molecule is OCCc1ccc(PO)cc1. The van der Waals surface area contributed by atoms with Crippen LogP contribution in [0.4, 0.5) is 0 Å². The molecular formula is C8H11O2P. The fourth-order valence-corrected chi connectivity index (χ4v) is 1.19. The van der Waals surface area contributed by atoms with Crippen LogP contribution in [0.25, 0.3) is 0 Å². The van der Waals surface area contributed by atoms with Crippen molar-refractivity contribution >= 4 is 14.1 Å². The minimum Gasteiger partial charge on any atom is -0.396 e. The summed E-state index contributed by atoms with van der Waals surface area (Å²) < 4.78 is 0. The summed E-state index contributed by atoms with van der Waals surface area (Å²) in [5, 5.41) is 9.54. The number of hydrogen-bond donors (Lipinski definition) is 2. The number of aliphatic hydroxyl groups is 1. The Hall–Kier alpha value is -0.430. The maximum atomic E-state index is 8.74. The summed E-state index contributed by atoms with van der Waals surface area (Å²) in [6.45, 7) is 0.181. The summed E-state index contributed by atoms with van der Waals surface area (Å²) >= 11 is 0. The van der Waals surface area contributed by atoms with E-state index in [-0.39, 0.29) is 15.4 Å². The van der Waals surface area contributed by atoms with Crippen LogP contribution in [0.1, 0.15) is 5.56 Å². The molecule has 2 nitrogen and oxygen atoms in total. The first kappa shape index (κ1) is 8.66. The van der Waals surface area contributed by atoms with Gasteiger partial charge in [0.2, 0.25) is 0 Å². The van der Waals surface area contributed by atoms with Gasteiger partial charge >= 0.3 is 0 Å². The summed E-state index contributed by atoms with van der Waals surface area (Å²) in [4.78, 5) is 8.74. The van der Waals surface area contributed by atoms with Crippen molar-refractivity contribution in [3.05, 3.63) is 29.8 Å². The van der Waals surface area contributed by atoms with Gasteiger partial charge in [-0.1, -0.05) is 24.3 Å². The molecule has 2 N–H and O–H groups in total. The van der Waals surface area contributed by atoms with Crippen molar-refractivity contribution in [3.8, 4) is 0 Å². The van der Waals surface area contributed by atoms with E-state index in [1.54, 1.807) is 0 Å². The minimum atomic E-state index is -0.134. The molecule has 1 unspecified atom stereocenters. The monoisotopic (exact) mass is 170 g/mol. The van der Waals surface area contributed by atoms with E-state index in [0.717, 1.165) is 10.9 Å². The van der Waals surface area contributed by atoms with Crippen molar-refractivity contribution in [2.24, 2.45) is 0 Å². The van der Waals surface area contributed by atoms with Crippen LogP contribution in [0.3, 0.4) is 0 Å². The summed E-state index contributed by atoms with van der Waals surface area (Å²) in [5.74, 6) is 0. The lowest BCUT2D eigenvalue weighted by Crippen LogP contribution is -1.95. The molecule has 0 aromatic heterocycles. The van der Waals surface area contributed by atoms with Gasteiger partial charge in [0.05, 0.1) is 0 Å². The molecular weight excluding hydrogens is 159 g/mol. The van der Waals surface area contributed by atoms with Gasteiger partial charge in [0.15, 0.2) is 0 Å². The highest BCUT2D eigenvalue weighted by Crippen LogP contribution is 2.05. The lowest BCUT2D eigenvalue weighted by molar-refractivity contribution is 0.299. The Morgan fingerprint density at radius 2 is 1.82 bits per heavy atom. The molecule has 1 aromatic rings. The predicted molar refractivity (Wildman–Crippen MR) is 47.4 cm³/mol. The van der Waals surface area contributed by atoms with Gasteiger partial charge in [-0.15, -0.1) is 0 Å². The Morgan fingerprint density at radius 1 is 1.18 bits per heavy atom. The third-order valence-corrected chi connectivity index (χ3v) is 2.08. The molecule has 0 saturated heterocycles. The summed E-state index contributed by atoms with van der Waals surface area (Å²) in [6.07, 6.45) is 0.689. The van der Waals surface area contributed by atoms with Crippen LogP contribution in [0, 0.1) is 0 Å². The van der Waals surface area contributed by atoms with Gasteiger partial charge in [0.25, 0.3) is 0 Å². The van der Waals surface area contributed by atoms with E-state index in [1.165, 1.54) is 0 Å². The van der Waals surface area contributed by atoms with Gasteiger partial charge in [0, 0.05) is 15.4 Å². The molecule has 0 fully saturated rings. The zero-order chi connectivity index (χ0) is 8.10. The molecule has 1 atom stereocenters. The summed E-state index contributed by atoms with van der Waals surface area (Å²) in [7, 11) is -0.134. The van der Waals surface area contributed by atoms with E-state index >= 15 is 0 Å². The molecule has 0 spiro atoms. The molecule has 0 saturated carbocycles. The molecule has 0 radical (unpaired) electrons. The van der Waals surface area contributed by atoms with Gasteiger partial charge < -0.3 is 10.00 Å². The van der Waals surface area contributed by atoms with Crippen LogP contribution in [0.2, 0.25) is 0 Å². The fraction of sp³-hybridized carbons (Fsp3) is 0.250. The quantitative estimate of drug-likeness (QED) is 0.646. The van der Waals surface area contributed by atoms with Crippen molar-refractivity contribution in [1.29, 1.82) is 0 Å². The molecule has 0 aliphatic heterocycles. The molecule has 0 aliphatic carbocycles. The van der Waals surface area contributed by atoms with Gasteiger partial charge in [-0.25, -0.2) is 0 Å². The Bertz CT molecular complexity index is 208. The van der Waals surface area contributed by atoms with Crippen molar-refractivity contribution in [1.82, 2.24) is 0 Å². The second kappa shape index (κ2) is 4.45. The topological polar surface area (TPSA) is 40.5 Å². The Labute approximate surface area is 67.8 Å². The number of aliphatic hydroxyl groups excluding tert-OH is 1. The van der Waals surface area contributed by atoms with Gasteiger partial charge in [-0.05, 0) is 17.3 Å². The van der Waals surface area contributed by atoms with E-state index < -0.39 is 0 Å². The molecule has 0 aliphatic rings. The lowest BCUT2D eigenvalue weighted by atomic mass is 10.2. The van der Waals surface area contributed by atoms with E-state index in [2.05, 4.69) is 0 Å². The van der Waals surface area contributed by atoms with Gasteiger partial charge in [-0.3, -0.25) is 0 Å². The van der Waals surface area contributed by atoms with Crippen molar-refractivity contribution in [2.75, 3.05) is 6.61 Å². The van der Waals surface area contributed by atoms with Crippen molar-refractivity contribution < 1.29 is 10.00 Å². The van der Waals surface area contributed by atoms with Crippen LogP contribution in [-0.4, -0.2) is 16.6 Å². The summed E-state index contributed by atoms with van der Waals surface area (Å²) in [5.41, 5.74) is 1.11. The third-order valence-electron chi connectivity index (χ3n) is 1.48. The van der Waals surface area contributed by atoms with Crippen LogP contribution in [-0.2, 0) is 6.42 Å². The maximum absolute atomic E-state index is 8.74. The zero-order valence-electron chi connectivity index (χ0n) is 6.12. The van der Waals surface area contributed by atoms with E-state index in [1.807, 2.05) is 24.3 Å². The standard InChI is InChI=1S/C8H11O2P/c9-6-5-7-1-3-8(11-10)4-2-7/h1-4,9-11H,5-6H2. The van der Waals surface area contributed by atoms with Crippen LogP contribution in [0.5, 0.6) is 0 Å². The van der Waals surface area contributed by atoms with Gasteiger partial charge in [0.1, 0.15) is 0 Å². The Kier molecular flexibility index (Phi) is 3.50. The molecule has 11 heavy (non-hydrogen) atoms. The van der Waals surface area contributed by atoms with Crippen molar-refractivity contribution in [2.45, 2.75) is 6.42 Å². The van der Waals surface area contributed by atoms with E-state index in [0.29, 0.717) is 6.42 Å². The second-order valence-corrected chi connectivity index (χ2v) is 3.08. The number of rotatable bonds is 3. The molecule has 1 aromatic carbocycles. The maximum Gasteiger partial charge on any atom is 0.0471 e.